The molecule has 0 N–H and O–H groups in total. The minimum atomic E-state index is 0.352. The molecule has 1 fully saturated rings. The SMILES string of the molecule is O=C1C=CC[C@@H]2[C@H]1[C@H]1C=C[C@@H]2C1. The third kappa shape index (κ3) is 0.669. The van der Waals surface area contributed by atoms with Crippen molar-refractivity contribution < 1.29 is 4.79 Å². The van der Waals surface area contributed by atoms with Gasteiger partial charge in [-0.05, 0) is 36.7 Å². The van der Waals surface area contributed by atoms with E-state index >= 15 is 0 Å². The van der Waals surface area contributed by atoms with Crippen molar-refractivity contribution in [3.8, 4) is 0 Å². The Balaban J connectivity index is 2.03. The van der Waals surface area contributed by atoms with Crippen LogP contribution in [0, 0.1) is 23.7 Å². The van der Waals surface area contributed by atoms with E-state index in [0.29, 0.717) is 29.5 Å². The van der Waals surface area contributed by atoms with E-state index in [0.717, 1.165) is 6.42 Å². The van der Waals surface area contributed by atoms with Gasteiger partial charge in [0.05, 0.1) is 0 Å². The van der Waals surface area contributed by atoms with E-state index in [-0.39, 0.29) is 0 Å². The molecule has 0 radical (unpaired) electrons. The van der Waals surface area contributed by atoms with Gasteiger partial charge in [-0.2, -0.15) is 0 Å². The van der Waals surface area contributed by atoms with Gasteiger partial charge >= 0.3 is 0 Å². The minimum absolute atomic E-state index is 0.352. The number of carbonyl (C=O) groups is 1. The number of hydrogen-bond acceptors (Lipinski definition) is 1. The first-order valence-electron chi connectivity index (χ1n) is 4.75. The van der Waals surface area contributed by atoms with Gasteiger partial charge in [0.2, 0.25) is 0 Å². The average molecular weight is 160 g/mol. The molecule has 1 nitrogen and oxygen atoms in total. The van der Waals surface area contributed by atoms with Crippen LogP contribution < -0.4 is 0 Å². The Morgan fingerprint density at radius 1 is 1.25 bits per heavy atom. The summed E-state index contributed by atoms with van der Waals surface area (Å²) in [7, 11) is 0. The summed E-state index contributed by atoms with van der Waals surface area (Å²) in [6.45, 7) is 0. The summed E-state index contributed by atoms with van der Waals surface area (Å²) in [5.41, 5.74) is 0. The predicted molar refractivity (Wildman–Crippen MR) is 46.5 cm³/mol. The second kappa shape index (κ2) is 2.09. The molecule has 4 atom stereocenters. The highest BCUT2D eigenvalue weighted by molar-refractivity contribution is 5.93. The lowest BCUT2D eigenvalue weighted by molar-refractivity contribution is -0.120. The minimum Gasteiger partial charge on any atom is -0.295 e. The first kappa shape index (κ1) is 6.64. The number of carbonyl (C=O) groups excluding carboxylic acids is 1. The van der Waals surface area contributed by atoms with Crippen molar-refractivity contribution in [2.75, 3.05) is 0 Å². The van der Waals surface area contributed by atoms with Crippen LogP contribution in [0.3, 0.4) is 0 Å². The molecule has 0 heterocycles. The van der Waals surface area contributed by atoms with Crippen molar-refractivity contribution in [2.24, 2.45) is 23.7 Å². The van der Waals surface area contributed by atoms with Crippen molar-refractivity contribution >= 4 is 5.78 Å². The highest BCUT2D eigenvalue weighted by Gasteiger charge is 2.47. The van der Waals surface area contributed by atoms with Gasteiger partial charge in [0, 0.05) is 5.92 Å². The Morgan fingerprint density at radius 2 is 2.08 bits per heavy atom. The van der Waals surface area contributed by atoms with E-state index in [2.05, 4.69) is 18.2 Å². The van der Waals surface area contributed by atoms with E-state index < -0.39 is 0 Å². The van der Waals surface area contributed by atoms with Crippen molar-refractivity contribution in [1.29, 1.82) is 0 Å². The fourth-order valence-electron chi connectivity index (χ4n) is 3.12. The molecule has 3 aliphatic carbocycles. The van der Waals surface area contributed by atoms with Gasteiger partial charge < -0.3 is 0 Å². The molecular weight excluding hydrogens is 148 g/mol. The lowest BCUT2D eigenvalue weighted by Crippen LogP contribution is -2.28. The molecule has 12 heavy (non-hydrogen) atoms. The van der Waals surface area contributed by atoms with Crippen molar-refractivity contribution in [3.63, 3.8) is 0 Å². The molecular formula is C11H12O. The predicted octanol–water partition coefficient (Wildman–Crippen LogP) is 1.95. The molecule has 1 heteroatoms. The molecule has 2 bridgehead atoms. The van der Waals surface area contributed by atoms with Crippen LogP contribution in [-0.4, -0.2) is 5.78 Å². The van der Waals surface area contributed by atoms with Crippen molar-refractivity contribution in [1.82, 2.24) is 0 Å². The lowest BCUT2D eigenvalue weighted by Gasteiger charge is -2.27. The summed E-state index contributed by atoms with van der Waals surface area (Å²) in [5, 5.41) is 0. The molecule has 0 saturated heterocycles. The van der Waals surface area contributed by atoms with Crippen LogP contribution in [0.5, 0.6) is 0 Å². The molecule has 3 rings (SSSR count). The maximum absolute atomic E-state index is 11.5. The molecule has 62 valence electrons. The highest BCUT2D eigenvalue weighted by atomic mass is 16.1. The Bertz CT molecular complexity index is 287. The van der Waals surface area contributed by atoms with E-state index in [4.69, 9.17) is 0 Å². The summed E-state index contributed by atoms with van der Waals surface area (Å²) in [6.07, 6.45) is 10.8. The van der Waals surface area contributed by atoms with Crippen LogP contribution in [0.2, 0.25) is 0 Å². The zero-order valence-electron chi connectivity index (χ0n) is 6.94. The van der Waals surface area contributed by atoms with Crippen LogP contribution in [0.25, 0.3) is 0 Å². The molecule has 0 aromatic rings. The topological polar surface area (TPSA) is 17.1 Å². The summed E-state index contributed by atoms with van der Waals surface area (Å²) >= 11 is 0. The Kier molecular flexibility index (Phi) is 1.16. The Hall–Kier alpha value is -0.850. The van der Waals surface area contributed by atoms with Gasteiger partial charge in [-0.25, -0.2) is 0 Å². The third-order valence-electron chi connectivity index (χ3n) is 3.64. The molecule has 0 aromatic heterocycles. The smallest absolute Gasteiger partial charge is 0.159 e. The molecule has 0 aromatic carbocycles. The van der Waals surface area contributed by atoms with Crippen LogP contribution in [0.15, 0.2) is 24.3 Å². The molecule has 0 amide bonds. The third-order valence-corrected chi connectivity index (χ3v) is 3.64. The van der Waals surface area contributed by atoms with Gasteiger partial charge in [-0.15, -0.1) is 0 Å². The first-order valence-corrected chi connectivity index (χ1v) is 4.75. The van der Waals surface area contributed by atoms with E-state index in [1.54, 1.807) is 6.08 Å². The number of fused-ring (bicyclic) bond motifs is 5. The maximum atomic E-state index is 11.5. The van der Waals surface area contributed by atoms with Crippen molar-refractivity contribution in [2.45, 2.75) is 12.8 Å². The fourth-order valence-corrected chi connectivity index (χ4v) is 3.12. The highest BCUT2D eigenvalue weighted by Crippen LogP contribution is 2.51. The second-order valence-corrected chi connectivity index (χ2v) is 4.18. The fraction of sp³-hybridized carbons (Fsp3) is 0.545. The standard InChI is InChI=1S/C11H12O/c12-10-3-1-2-9-7-4-5-8(6-7)11(9)10/h1,3-5,7-9,11H,2,6H2/t7-,8+,9+,11-/m1/s1. The van der Waals surface area contributed by atoms with Crippen LogP contribution in [-0.2, 0) is 4.79 Å². The van der Waals surface area contributed by atoms with Gasteiger partial charge in [0.15, 0.2) is 5.78 Å². The Labute approximate surface area is 72.2 Å². The van der Waals surface area contributed by atoms with Gasteiger partial charge in [0.25, 0.3) is 0 Å². The van der Waals surface area contributed by atoms with E-state index in [9.17, 15) is 4.79 Å². The van der Waals surface area contributed by atoms with Crippen LogP contribution >= 0.6 is 0 Å². The summed E-state index contributed by atoms with van der Waals surface area (Å²) in [5.74, 6) is 2.68. The molecule has 0 spiro atoms. The number of rotatable bonds is 0. The van der Waals surface area contributed by atoms with Crippen LogP contribution in [0.4, 0.5) is 0 Å². The summed E-state index contributed by atoms with van der Waals surface area (Å²) < 4.78 is 0. The molecule has 0 aliphatic heterocycles. The van der Waals surface area contributed by atoms with Gasteiger partial charge in [0.1, 0.15) is 0 Å². The zero-order valence-corrected chi connectivity index (χ0v) is 6.94. The second-order valence-electron chi connectivity index (χ2n) is 4.18. The molecule has 0 unspecified atom stereocenters. The normalized spacial score (nSPS) is 48.5. The quantitative estimate of drug-likeness (QED) is 0.495. The number of hydrogen-bond donors (Lipinski definition) is 0. The summed E-state index contributed by atoms with van der Waals surface area (Å²) in [4.78, 5) is 11.5. The lowest BCUT2D eigenvalue weighted by atomic mass is 9.76. The largest absolute Gasteiger partial charge is 0.295 e. The number of allylic oxidation sites excluding steroid dienone is 4. The van der Waals surface area contributed by atoms with Gasteiger partial charge in [-0.1, -0.05) is 18.2 Å². The van der Waals surface area contributed by atoms with Gasteiger partial charge in [-0.3, -0.25) is 4.79 Å². The van der Waals surface area contributed by atoms with E-state index in [1.165, 1.54) is 6.42 Å². The first-order chi connectivity index (χ1) is 5.86. The van der Waals surface area contributed by atoms with Crippen LogP contribution in [0.1, 0.15) is 12.8 Å². The van der Waals surface area contributed by atoms with Crippen molar-refractivity contribution in [3.05, 3.63) is 24.3 Å². The van der Waals surface area contributed by atoms with E-state index in [1.807, 2.05) is 0 Å². The number of ketones is 1. The zero-order chi connectivity index (χ0) is 8.13. The Morgan fingerprint density at radius 3 is 2.92 bits per heavy atom. The summed E-state index contributed by atoms with van der Waals surface area (Å²) in [6, 6.07) is 0. The maximum Gasteiger partial charge on any atom is 0.159 e. The molecule has 3 aliphatic rings. The molecule has 1 saturated carbocycles. The monoisotopic (exact) mass is 160 g/mol. The average Bonchev–Trinajstić information content (AvgIpc) is 2.64.